The molecule has 1 aromatic carbocycles. The largest absolute Gasteiger partial charge is 0.494 e. The lowest BCUT2D eigenvalue weighted by molar-refractivity contribution is 0.0854. The average Bonchev–Trinajstić information content (AvgIpc) is 3.29. The van der Waals surface area contributed by atoms with E-state index >= 15 is 0 Å². The third kappa shape index (κ3) is 4.71. The van der Waals surface area contributed by atoms with Crippen LogP contribution in [0, 0.1) is 0 Å². The fourth-order valence-corrected chi connectivity index (χ4v) is 3.74. The molecule has 0 unspecified atom stereocenters. The minimum Gasteiger partial charge on any atom is -0.494 e. The van der Waals surface area contributed by atoms with Gasteiger partial charge in [0.05, 0.1) is 17.7 Å². The molecule has 1 amide bonds. The van der Waals surface area contributed by atoms with Crippen LogP contribution in [0.4, 0.5) is 0 Å². The van der Waals surface area contributed by atoms with Crippen molar-refractivity contribution >= 4 is 28.8 Å². The number of rotatable bonds is 7. The topological polar surface area (TPSA) is 60.5 Å². The first kappa shape index (κ1) is 18.2. The number of hydrogen-bond acceptors (Lipinski definition) is 5. The van der Waals surface area contributed by atoms with Gasteiger partial charge in [-0.05, 0) is 37.5 Å². The van der Waals surface area contributed by atoms with Crippen LogP contribution < -0.4 is 10.1 Å². The number of nitrogens with one attached hydrogen (secondary N) is 1. The number of ether oxygens (including phenoxy) is 2. The SMILES string of the molecule is CCCOc1ccc(-c2nc(C(=O)NC[C@H]3CCCO3)cs2)c(Cl)c1. The lowest BCUT2D eigenvalue weighted by Gasteiger charge is -2.09. The molecule has 3 rings (SSSR count). The number of halogens is 1. The molecule has 134 valence electrons. The van der Waals surface area contributed by atoms with Crippen LogP contribution in [0.2, 0.25) is 5.02 Å². The molecule has 0 aliphatic carbocycles. The Bertz CT molecular complexity index is 729. The molecule has 1 aromatic heterocycles. The lowest BCUT2D eigenvalue weighted by Crippen LogP contribution is -2.31. The van der Waals surface area contributed by atoms with Crippen LogP contribution in [0.3, 0.4) is 0 Å². The van der Waals surface area contributed by atoms with Crippen LogP contribution in [-0.2, 0) is 4.74 Å². The number of carbonyl (C=O) groups is 1. The summed E-state index contributed by atoms with van der Waals surface area (Å²) in [6, 6.07) is 5.53. The molecule has 1 fully saturated rings. The maximum Gasteiger partial charge on any atom is 0.270 e. The van der Waals surface area contributed by atoms with Crippen molar-refractivity contribution in [1.29, 1.82) is 0 Å². The van der Waals surface area contributed by atoms with Gasteiger partial charge in [0.1, 0.15) is 16.5 Å². The molecule has 0 saturated carbocycles. The molecule has 5 nitrogen and oxygen atoms in total. The minimum absolute atomic E-state index is 0.118. The molecule has 2 heterocycles. The van der Waals surface area contributed by atoms with E-state index in [0.29, 0.717) is 28.9 Å². The van der Waals surface area contributed by atoms with Crippen LogP contribution in [-0.4, -0.2) is 36.8 Å². The van der Waals surface area contributed by atoms with Crippen LogP contribution >= 0.6 is 22.9 Å². The number of aromatic nitrogens is 1. The second kappa shape index (κ2) is 8.65. The van der Waals surface area contributed by atoms with Crippen LogP contribution in [0.1, 0.15) is 36.7 Å². The highest BCUT2D eigenvalue weighted by atomic mass is 35.5. The van der Waals surface area contributed by atoms with Gasteiger partial charge in [-0.1, -0.05) is 18.5 Å². The van der Waals surface area contributed by atoms with E-state index in [1.165, 1.54) is 11.3 Å². The summed E-state index contributed by atoms with van der Waals surface area (Å²) in [5.41, 5.74) is 1.20. The standard InChI is InChI=1S/C18H21ClN2O3S/c1-2-7-23-12-5-6-14(15(19)9-12)18-21-16(11-25-18)17(22)20-10-13-4-3-8-24-13/h5-6,9,11,13H,2-4,7-8,10H2,1H3,(H,20,22)/t13-/m1/s1. The Morgan fingerprint density at radius 1 is 1.52 bits per heavy atom. The first-order valence-electron chi connectivity index (χ1n) is 8.45. The quantitative estimate of drug-likeness (QED) is 0.783. The monoisotopic (exact) mass is 380 g/mol. The Morgan fingerprint density at radius 2 is 2.40 bits per heavy atom. The molecular weight excluding hydrogens is 360 g/mol. The van der Waals surface area contributed by atoms with Crippen LogP contribution in [0.5, 0.6) is 5.75 Å². The Morgan fingerprint density at radius 3 is 3.12 bits per heavy atom. The van der Waals surface area contributed by atoms with Crippen molar-refractivity contribution in [3.63, 3.8) is 0 Å². The summed E-state index contributed by atoms with van der Waals surface area (Å²) in [7, 11) is 0. The summed E-state index contributed by atoms with van der Waals surface area (Å²) >= 11 is 7.75. The summed E-state index contributed by atoms with van der Waals surface area (Å²) < 4.78 is 11.1. The third-order valence-electron chi connectivity index (χ3n) is 3.89. The summed E-state index contributed by atoms with van der Waals surface area (Å²) in [6.45, 7) is 4.01. The van der Waals surface area contributed by atoms with E-state index in [2.05, 4.69) is 17.2 Å². The second-order valence-electron chi connectivity index (χ2n) is 5.87. The fourth-order valence-electron chi connectivity index (χ4n) is 2.58. The normalized spacial score (nSPS) is 16.8. The molecule has 0 bridgehead atoms. The zero-order valence-corrected chi connectivity index (χ0v) is 15.7. The second-order valence-corrected chi connectivity index (χ2v) is 7.14. The zero-order chi connectivity index (χ0) is 17.6. The molecular formula is C18H21ClN2O3S. The molecule has 0 radical (unpaired) electrons. The molecule has 1 saturated heterocycles. The first-order chi connectivity index (χ1) is 12.2. The third-order valence-corrected chi connectivity index (χ3v) is 5.08. The van der Waals surface area contributed by atoms with Crippen molar-refractivity contribution in [3.8, 4) is 16.3 Å². The Kier molecular flexibility index (Phi) is 6.29. The summed E-state index contributed by atoms with van der Waals surface area (Å²) in [5, 5.41) is 5.91. The van der Waals surface area contributed by atoms with Crippen molar-refractivity contribution in [2.45, 2.75) is 32.3 Å². The van der Waals surface area contributed by atoms with Gasteiger partial charge in [-0.25, -0.2) is 4.98 Å². The van der Waals surface area contributed by atoms with Crippen LogP contribution in [0.25, 0.3) is 10.6 Å². The number of thiazole rings is 1. The zero-order valence-electron chi connectivity index (χ0n) is 14.1. The predicted octanol–water partition coefficient (Wildman–Crippen LogP) is 4.16. The summed E-state index contributed by atoms with van der Waals surface area (Å²) in [6.07, 6.45) is 3.10. The maximum atomic E-state index is 12.2. The van der Waals surface area contributed by atoms with E-state index in [1.807, 2.05) is 12.1 Å². The van der Waals surface area contributed by atoms with Crippen molar-refractivity contribution in [1.82, 2.24) is 10.3 Å². The van der Waals surface area contributed by atoms with E-state index in [0.717, 1.165) is 37.2 Å². The van der Waals surface area contributed by atoms with Gasteiger partial charge >= 0.3 is 0 Å². The highest BCUT2D eigenvalue weighted by Gasteiger charge is 2.18. The molecule has 0 spiro atoms. The van der Waals surface area contributed by atoms with Gasteiger partial charge in [-0.2, -0.15) is 0 Å². The summed E-state index contributed by atoms with van der Waals surface area (Å²) in [5.74, 6) is 0.554. The van der Waals surface area contributed by atoms with E-state index in [-0.39, 0.29) is 12.0 Å². The van der Waals surface area contributed by atoms with Gasteiger partial charge in [0.2, 0.25) is 0 Å². The number of hydrogen-bond donors (Lipinski definition) is 1. The van der Waals surface area contributed by atoms with Gasteiger partial charge in [-0.3, -0.25) is 4.79 Å². The number of carbonyl (C=O) groups excluding carboxylic acids is 1. The van der Waals surface area contributed by atoms with Gasteiger partial charge in [-0.15, -0.1) is 11.3 Å². The van der Waals surface area contributed by atoms with E-state index in [4.69, 9.17) is 21.1 Å². The highest BCUT2D eigenvalue weighted by molar-refractivity contribution is 7.13. The highest BCUT2D eigenvalue weighted by Crippen LogP contribution is 2.33. The fraction of sp³-hybridized carbons (Fsp3) is 0.444. The maximum absolute atomic E-state index is 12.2. The van der Waals surface area contributed by atoms with E-state index in [9.17, 15) is 4.79 Å². The Labute approximate surface area is 156 Å². The van der Waals surface area contributed by atoms with Gasteiger partial charge in [0.25, 0.3) is 5.91 Å². The van der Waals surface area contributed by atoms with Crippen molar-refractivity contribution in [2.24, 2.45) is 0 Å². The molecule has 1 aliphatic heterocycles. The Balaban J connectivity index is 1.65. The molecule has 7 heteroatoms. The smallest absolute Gasteiger partial charge is 0.270 e. The average molecular weight is 381 g/mol. The van der Waals surface area contributed by atoms with E-state index < -0.39 is 0 Å². The first-order valence-corrected chi connectivity index (χ1v) is 9.71. The van der Waals surface area contributed by atoms with Gasteiger partial charge in [0, 0.05) is 24.1 Å². The number of nitrogens with zero attached hydrogens (tertiary/aromatic N) is 1. The van der Waals surface area contributed by atoms with Crippen molar-refractivity contribution in [2.75, 3.05) is 19.8 Å². The number of benzene rings is 1. The molecule has 2 aromatic rings. The molecule has 25 heavy (non-hydrogen) atoms. The van der Waals surface area contributed by atoms with Gasteiger partial charge < -0.3 is 14.8 Å². The van der Waals surface area contributed by atoms with Crippen molar-refractivity contribution < 1.29 is 14.3 Å². The van der Waals surface area contributed by atoms with Gasteiger partial charge in [0.15, 0.2) is 0 Å². The number of amides is 1. The minimum atomic E-state index is -0.183. The molecule has 1 atom stereocenters. The van der Waals surface area contributed by atoms with E-state index in [1.54, 1.807) is 11.4 Å². The van der Waals surface area contributed by atoms with Crippen LogP contribution in [0.15, 0.2) is 23.6 Å². The molecule has 1 aliphatic rings. The Hall–Kier alpha value is -1.63. The van der Waals surface area contributed by atoms with Crippen molar-refractivity contribution in [3.05, 3.63) is 34.3 Å². The molecule has 1 N–H and O–H groups in total. The lowest BCUT2D eigenvalue weighted by atomic mass is 10.2. The predicted molar refractivity (Wildman–Crippen MR) is 99.7 cm³/mol. The summed E-state index contributed by atoms with van der Waals surface area (Å²) in [4.78, 5) is 16.6.